The predicted molar refractivity (Wildman–Crippen MR) is 69.0 cm³/mol. The highest BCUT2D eigenvalue weighted by Gasteiger charge is 2.15. The van der Waals surface area contributed by atoms with Gasteiger partial charge in [-0.3, -0.25) is 4.79 Å². The minimum Gasteiger partial charge on any atom is -0.543 e. The molecule has 0 bridgehead atoms. The molecule has 100 valence electrons. The second kappa shape index (κ2) is 6.18. The maximum absolute atomic E-state index is 12.0. The standard InChI is InChI=1S/C15H17NO3/c17-14(12-9-5-2-6-10-12)16-13(15(18)19)11-7-3-1-4-8-11/h2,5-6,9-10H,1,3-4,7-8H2,(H,16,17)(H,18,19)/p-1. The zero-order valence-electron chi connectivity index (χ0n) is 10.6. The lowest BCUT2D eigenvalue weighted by molar-refractivity contribution is -0.299. The van der Waals surface area contributed by atoms with E-state index in [-0.39, 0.29) is 5.70 Å². The van der Waals surface area contributed by atoms with Gasteiger partial charge in [-0.15, -0.1) is 0 Å². The number of carbonyl (C=O) groups excluding carboxylic acids is 2. The average molecular weight is 258 g/mol. The van der Waals surface area contributed by atoms with Crippen LogP contribution >= 0.6 is 0 Å². The zero-order chi connectivity index (χ0) is 13.7. The minimum absolute atomic E-state index is 0.0476. The molecule has 0 atom stereocenters. The van der Waals surface area contributed by atoms with Gasteiger partial charge in [-0.25, -0.2) is 0 Å². The maximum Gasteiger partial charge on any atom is 0.255 e. The first-order valence-electron chi connectivity index (χ1n) is 6.48. The lowest BCUT2D eigenvalue weighted by atomic mass is 9.93. The largest absolute Gasteiger partial charge is 0.543 e. The second-order valence-corrected chi connectivity index (χ2v) is 4.65. The van der Waals surface area contributed by atoms with Gasteiger partial charge < -0.3 is 15.2 Å². The maximum atomic E-state index is 12.0. The van der Waals surface area contributed by atoms with E-state index in [1.807, 2.05) is 0 Å². The summed E-state index contributed by atoms with van der Waals surface area (Å²) in [6.45, 7) is 0. The van der Waals surface area contributed by atoms with Crippen molar-refractivity contribution in [2.45, 2.75) is 32.1 Å². The molecular formula is C15H16NO3-. The van der Waals surface area contributed by atoms with Crippen LogP contribution in [0.5, 0.6) is 0 Å². The van der Waals surface area contributed by atoms with Crippen molar-refractivity contribution in [1.29, 1.82) is 0 Å². The van der Waals surface area contributed by atoms with E-state index >= 15 is 0 Å². The van der Waals surface area contributed by atoms with Crippen LogP contribution < -0.4 is 10.4 Å². The molecule has 0 unspecified atom stereocenters. The highest BCUT2D eigenvalue weighted by molar-refractivity contribution is 6.00. The van der Waals surface area contributed by atoms with Crippen molar-refractivity contribution in [3.05, 3.63) is 47.2 Å². The van der Waals surface area contributed by atoms with Crippen LogP contribution in [0.15, 0.2) is 41.6 Å². The molecule has 0 aliphatic heterocycles. The Labute approximate surface area is 112 Å². The summed E-state index contributed by atoms with van der Waals surface area (Å²) < 4.78 is 0. The number of rotatable bonds is 3. The third-order valence-corrected chi connectivity index (χ3v) is 3.29. The van der Waals surface area contributed by atoms with E-state index in [1.165, 1.54) is 0 Å². The van der Waals surface area contributed by atoms with Crippen LogP contribution in [0.2, 0.25) is 0 Å². The first-order chi connectivity index (χ1) is 9.18. The molecular weight excluding hydrogens is 242 g/mol. The zero-order valence-corrected chi connectivity index (χ0v) is 10.6. The summed E-state index contributed by atoms with van der Waals surface area (Å²) >= 11 is 0. The quantitative estimate of drug-likeness (QED) is 0.833. The molecule has 1 amide bonds. The number of amides is 1. The number of hydrogen-bond donors (Lipinski definition) is 1. The third-order valence-electron chi connectivity index (χ3n) is 3.29. The number of benzene rings is 1. The first-order valence-corrected chi connectivity index (χ1v) is 6.48. The highest BCUT2D eigenvalue weighted by Crippen LogP contribution is 2.24. The molecule has 1 N–H and O–H groups in total. The van der Waals surface area contributed by atoms with E-state index in [9.17, 15) is 14.7 Å². The van der Waals surface area contributed by atoms with E-state index in [1.54, 1.807) is 30.3 Å². The Bertz CT molecular complexity index is 497. The van der Waals surface area contributed by atoms with Crippen molar-refractivity contribution < 1.29 is 14.7 Å². The van der Waals surface area contributed by atoms with Gasteiger partial charge in [0, 0.05) is 5.56 Å². The first kappa shape index (κ1) is 13.3. The highest BCUT2D eigenvalue weighted by atomic mass is 16.4. The van der Waals surface area contributed by atoms with Crippen molar-refractivity contribution in [3.8, 4) is 0 Å². The molecule has 0 heterocycles. The van der Waals surface area contributed by atoms with Gasteiger partial charge in [-0.05, 0) is 43.4 Å². The molecule has 0 spiro atoms. The van der Waals surface area contributed by atoms with Crippen LogP contribution in [-0.2, 0) is 4.79 Å². The van der Waals surface area contributed by atoms with Crippen molar-refractivity contribution in [3.63, 3.8) is 0 Å². The Morgan fingerprint density at radius 3 is 2.21 bits per heavy atom. The molecule has 0 radical (unpaired) electrons. The molecule has 1 aliphatic carbocycles. The summed E-state index contributed by atoms with van der Waals surface area (Å²) in [5.41, 5.74) is 1.18. The second-order valence-electron chi connectivity index (χ2n) is 4.65. The number of aliphatic carboxylic acids is 1. The summed E-state index contributed by atoms with van der Waals surface area (Å²) in [6.07, 6.45) is 4.48. The van der Waals surface area contributed by atoms with E-state index in [2.05, 4.69) is 5.32 Å². The van der Waals surface area contributed by atoms with Gasteiger partial charge in [0.25, 0.3) is 5.91 Å². The molecule has 0 saturated heterocycles. The fourth-order valence-corrected chi connectivity index (χ4v) is 2.29. The lowest BCUT2D eigenvalue weighted by Gasteiger charge is -2.20. The van der Waals surface area contributed by atoms with Gasteiger partial charge in [0.1, 0.15) is 0 Å². The van der Waals surface area contributed by atoms with Crippen LogP contribution in [0.1, 0.15) is 42.5 Å². The Kier molecular flexibility index (Phi) is 4.34. The average Bonchev–Trinajstić information content (AvgIpc) is 2.46. The number of carbonyl (C=O) groups is 2. The van der Waals surface area contributed by atoms with Gasteiger partial charge in [0.2, 0.25) is 0 Å². The molecule has 2 rings (SSSR count). The van der Waals surface area contributed by atoms with E-state index in [4.69, 9.17) is 0 Å². The Morgan fingerprint density at radius 1 is 1.00 bits per heavy atom. The summed E-state index contributed by atoms with van der Waals surface area (Å²) in [4.78, 5) is 23.1. The van der Waals surface area contributed by atoms with Gasteiger partial charge in [-0.2, -0.15) is 0 Å². The van der Waals surface area contributed by atoms with Crippen LogP contribution in [0.3, 0.4) is 0 Å². The van der Waals surface area contributed by atoms with E-state index in [0.29, 0.717) is 5.56 Å². The molecule has 1 aliphatic rings. The Hall–Kier alpha value is -2.10. The molecule has 19 heavy (non-hydrogen) atoms. The van der Waals surface area contributed by atoms with Gasteiger partial charge in [-0.1, -0.05) is 24.6 Å². The van der Waals surface area contributed by atoms with Crippen LogP contribution in [0.25, 0.3) is 0 Å². The van der Waals surface area contributed by atoms with Crippen LogP contribution in [0, 0.1) is 0 Å². The molecule has 0 aromatic heterocycles. The van der Waals surface area contributed by atoms with Crippen molar-refractivity contribution in [1.82, 2.24) is 5.32 Å². The fourth-order valence-electron chi connectivity index (χ4n) is 2.29. The molecule has 4 nitrogen and oxygen atoms in total. The van der Waals surface area contributed by atoms with Crippen molar-refractivity contribution in [2.24, 2.45) is 0 Å². The monoisotopic (exact) mass is 258 g/mol. The molecule has 1 fully saturated rings. The summed E-state index contributed by atoms with van der Waals surface area (Å²) in [6, 6.07) is 8.57. The molecule has 1 aromatic carbocycles. The summed E-state index contributed by atoms with van der Waals surface area (Å²) in [5, 5.41) is 13.7. The number of hydrogen-bond acceptors (Lipinski definition) is 3. The number of carboxylic acids is 1. The van der Waals surface area contributed by atoms with Crippen LogP contribution in [-0.4, -0.2) is 11.9 Å². The topological polar surface area (TPSA) is 69.2 Å². The van der Waals surface area contributed by atoms with E-state index in [0.717, 1.165) is 37.7 Å². The predicted octanol–water partition coefficient (Wildman–Crippen LogP) is 1.38. The lowest BCUT2D eigenvalue weighted by Crippen LogP contribution is -2.37. The Morgan fingerprint density at radius 2 is 1.63 bits per heavy atom. The van der Waals surface area contributed by atoms with Gasteiger partial charge in [0.15, 0.2) is 0 Å². The van der Waals surface area contributed by atoms with E-state index < -0.39 is 11.9 Å². The smallest absolute Gasteiger partial charge is 0.255 e. The third kappa shape index (κ3) is 3.44. The van der Waals surface area contributed by atoms with Crippen LogP contribution in [0.4, 0.5) is 0 Å². The van der Waals surface area contributed by atoms with Gasteiger partial charge in [0.05, 0.1) is 11.7 Å². The summed E-state index contributed by atoms with van der Waals surface area (Å²) in [7, 11) is 0. The number of carboxylic acid groups (broad SMARTS) is 1. The fraction of sp³-hybridized carbons (Fsp3) is 0.333. The Balaban J connectivity index is 2.18. The molecule has 4 heteroatoms. The number of nitrogens with one attached hydrogen (secondary N) is 1. The molecule has 1 aromatic rings. The normalized spacial score (nSPS) is 14.8. The van der Waals surface area contributed by atoms with Crippen molar-refractivity contribution >= 4 is 11.9 Å². The SMILES string of the molecule is O=C([O-])C(NC(=O)c1ccccc1)=C1CCCCC1. The molecule has 1 saturated carbocycles. The number of allylic oxidation sites excluding steroid dienone is 1. The minimum atomic E-state index is -1.30. The van der Waals surface area contributed by atoms with Gasteiger partial charge >= 0.3 is 0 Å². The summed E-state index contributed by atoms with van der Waals surface area (Å²) in [5.74, 6) is -1.71. The van der Waals surface area contributed by atoms with Crippen molar-refractivity contribution in [2.75, 3.05) is 0 Å².